The molecule has 120 valence electrons. The molecule has 2 rings (SSSR count). The van der Waals surface area contributed by atoms with E-state index >= 15 is 0 Å². The second-order valence-corrected chi connectivity index (χ2v) is 7.53. The van der Waals surface area contributed by atoms with E-state index in [1.807, 2.05) is 0 Å². The largest absolute Gasteiger partial charge is 0.396 e. The molecule has 1 aliphatic rings. The van der Waals surface area contributed by atoms with E-state index in [2.05, 4.69) is 16.7 Å². The number of nitrogens with zero attached hydrogens (tertiary/aromatic N) is 2. The van der Waals surface area contributed by atoms with Crippen molar-refractivity contribution < 1.29 is 18.3 Å². The lowest BCUT2D eigenvalue weighted by molar-refractivity contribution is 0.0264. The van der Waals surface area contributed by atoms with Crippen LogP contribution >= 0.6 is 0 Å². The summed E-state index contributed by atoms with van der Waals surface area (Å²) in [6.45, 7) is 4.39. The van der Waals surface area contributed by atoms with Gasteiger partial charge in [0.15, 0.2) is 0 Å². The molecular formula is C13H23N3O4S. The Balaban J connectivity index is 1.96. The van der Waals surface area contributed by atoms with Crippen LogP contribution in [0.15, 0.2) is 17.3 Å². The minimum atomic E-state index is -3.54. The number of aliphatic hydroxyl groups excluding tert-OH is 1. The summed E-state index contributed by atoms with van der Waals surface area (Å²) in [7, 11) is -3.54. The minimum absolute atomic E-state index is 0.0562. The van der Waals surface area contributed by atoms with Crippen molar-refractivity contribution in [3.63, 3.8) is 0 Å². The fourth-order valence-corrected chi connectivity index (χ4v) is 3.38. The van der Waals surface area contributed by atoms with E-state index in [1.165, 1.54) is 17.1 Å². The number of hydrogen-bond acceptors (Lipinski definition) is 5. The normalized spacial score (nSPS) is 18.8. The van der Waals surface area contributed by atoms with Gasteiger partial charge in [0.05, 0.1) is 6.20 Å². The van der Waals surface area contributed by atoms with Gasteiger partial charge in [0.25, 0.3) is 0 Å². The molecule has 0 atom stereocenters. The number of rotatable bonds is 7. The molecule has 0 aliphatic carbocycles. The highest BCUT2D eigenvalue weighted by Gasteiger charge is 2.29. The zero-order valence-electron chi connectivity index (χ0n) is 12.3. The Morgan fingerprint density at radius 1 is 1.48 bits per heavy atom. The van der Waals surface area contributed by atoms with E-state index in [9.17, 15) is 8.42 Å². The average Bonchev–Trinajstić information content (AvgIpc) is 2.94. The maximum absolute atomic E-state index is 12.3. The first-order valence-electron chi connectivity index (χ1n) is 7.16. The highest BCUT2D eigenvalue weighted by Crippen LogP contribution is 2.29. The van der Waals surface area contributed by atoms with Crippen LogP contribution in [-0.2, 0) is 21.3 Å². The van der Waals surface area contributed by atoms with Crippen molar-refractivity contribution >= 4 is 10.0 Å². The van der Waals surface area contributed by atoms with Gasteiger partial charge in [0, 0.05) is 39.1 Å². The smallest absolute Gasteiger partial charge is 0.243 e. The van der Waals surface area contributed by atoms with Gasteiger partial charge in [0.2, 0.25) is 10.0 Å². The molecular weight excluding hydrogens is 294 g/mol. The van der Waals surface area contributed by atoms with Gasteiger partial charge >= 0.3 is 0 Å². The molecule has 8 heteroatoms. The molecule has 2 heterocycles. The summed E-state index contributed by atoms with van der Waals surface area (Å²) in [5.74, 6) is 0. The molecule has 0 saturated carbocycles. The lowest BCUT2D eigenvalue weighted by atomic mass is 9.83. The molecule has 1 aliphatic heterocycles. The first kappa shape index (κ1) is 16.4. The highest BCUT2D eigenvalue weighted by molar-refractivity contribution is 7.89. The van der Waals surface area contributed by atoms with Gasteiger partial charge in [-0.1, -0.05) is 6.92 Å². The number of aryl methyl sites for hydroxylation is 1. The van der Waals surface area contributed by atoms with Crippen molar-refractivity contribution in [1.82, 2.24) is 14.5 Å². The van der Waals surface area contributed by atoms with Crippen molar-refractivity contribution in [2.75, 3.05) is 26.4 Å². The van der Waals surface area contributed by atoms with E-state index in [0.717, 1.165) is 12.8 Å². The number of aromatic nitrogens is 2. The number of sulfonamides is 1. The van der Waals surface area contributed by atoms with Crippen molar-refractivity contribution in [3.05, 3.63) is 12.4 Å². The summed E-state index contributed by atoms with van der Waals surface area (Å²) < 4.78 is 34.0. The Labute approximate surface area is 125 Å². The Hall–Kier alpha value is -0.960. The molecule has 0 spiro atoms. The van der Waals surface area contributed by atoms with E-state index in [4.69, 9.17) is 9.84 Å². The summed E-state index contributed by atoms with van der Waals surface area (Å²) in [5.41, 5.74) is -0.0573. The van der Waals surface area contributed by atoms with E-state index in [1.54, 1.807) is 0 Å². The Kier molecular flexibility index (Phi) is 5.37. The second-order valence-electron chi connectivity index (χ2n) is 5.76. The maximum atomic E-state index is 12.3. The predicted octanol–water partition coefficient (Wildman–Crippen LogP) is 0.360. The van der Waals surface area contributed by atoms with E-state index in [-0.39, 0.29) is 16.9 Å². The van der Waals surface area contributed by atoms with Crippen molar-refractivity contribution in [3.8, 4) is 0 Å². The third-order valence-corrected chi connectivity index (χ3v) is 5.21. The minimum Gasteiger partial charge on any atom is -0.396 e. The first-order valence-corrected chi connectivity index (χ1v) is 8.64. The summed E-state index contributed by atoms with van der Waals surface area (Å²) in [5, 5.41) is 12.8. The van der Waals surface area contributed by atoms with Crippen LogP contribution < -0.4 is 4.72 Å². The summed E-state index contributed by atoms with van der Waals surface area (Å²) >= 11 is 0. The number of hydrogen-bond donors (Lipinski definition) is 2. The standard InChI is InChI=1S/C13H23N3O4S/c1-13(3-7-20-8-4-13)11-15-21(18,19)12-9-14-16(10-12)5-2-6-17/h9-10,15,17H,2-8,11H2,1H3. The molecule has 0 amide bonds. The molecule has 21 heavy (non-hydrogen) atoms. The van der Waals surface area contributed by atoms with E-state index < -0.39 is 10.0 Å². The highest BCUT2D eigenvalue weighted by atomic mass is 32.2. The van der Waals surface area contributed by atoms with Crippen LogP contribution in [0.5, 0.6) is 0 Å². The van der Waals surface area contributed by atoms with Gasteiger partial charge in [-0.2, -0.15) is 5.10 Å². The fraction of sp³-hybridized carbons (Fsp3) is 0.769. The SMILES string of the molecule is CC1(CNS(=O)(=O)c2cnn(CCCO)c2)CCOCC1. The quantitative estimate of drug-likeness (QED) is 0.757. The van der Waals surface area contributed by atoms with Crippen LogP contribution in [0.1, 0.15) is 26.2 Å². The van der Waals surface area contributed by atoms with Crippen LogP contribution in [0.4, 0.5) is 0 Å². The summed E-state index contributed by atoms with van der Waals surface area (Å²) in [4.78, 5) is 0.163. The average molecular weight is 317 g/mol. The van der Waals surface area contributed by atoms with Crippen molar-refractivity contribution in [2.45, 2.75) is 37.6 Å². The number of aliphatic hydroxyl groups is 1. The predicted molar refractivity (Wildman–Crippen MR) is 77.3 cm³/mol. The van der Waals surface area contributed by atoms with Crippen LogP contribution in [-0.4, -0.2) is 49.7 Å². The summed E-state index contributed by atoms with van der Waals surface area (Å²) in [6.07, 6.45) is 5.08. The Morgan fingerprint density at radius 3 is 2.86 bits per heavy atom. The molecule has 0 bridgehead atoms. The molecule has 0 radical (unpaired) electrons. The Morgan fingerprint density at radius 2 is 2.19 bits per heavy atom. The van der Waals surface area contributed by atoms with Gasteiger partial charge in [-0.05, 0) is 24.7 Å². The molecule has 0 unspecified atom stereocenters. The molecule has 1 saturated heterocycles. The lowest BCUT2D eigenvalue weighted by Crippen LogP contribution is -2.39. The monoisotopic (exact) mass is 317 g/mol. The first-order chi connectivity index (χ1) is 9.95. The zero-order chi connectivity index (χ0) is 15.3. The fourth-order valence-electron chi connectivity index (χ4n) is 2.23. The van der Waals surface area contributed by atoms with Crippen molar-refractivity contribution in [1.29, 1.82) is 0 Å². The summed E-state index contributed by atoms with van der Waals surface area (Å²) in [6, 6.07) is 0. The third kappa shape index (κ3) is 4.50. The van der Waals surface area contributed by atoms with Gasteiger partial charge in [-0.15, -0.1) is 0 Å². The topological polar surface area (TPSA) is 93.5 Å². The van der Waals surface area contributed by atoms with Crippen molar-refractivity contribution in [2.24, 2.45) is 5.41 Å². The third-order valence-electron chi connectivity index (χ3n) is 3.85. The van der Waals surface area contributed by atoms with Gasteiger partial charge in [-0.25, -0.2) is 13.1 Å². The van der Waals surface area contributed by atoms with E-state index in [0.29, 0.717) is 32.7 Å². The van der Waals surface area contributed by atoms with Crippen LogP contribution in [0.2, 0.25) is 0 Å². The maximum Gasteiger partial charge on any atom is 0.243 e. The second kappa shape index (κ2) is 6.87. The van der Waals surface area contributed by atoms with Crippen LogP contribution in [0.3, 0.4) is 0 Å². The number of nitrogens with one attached hydrogen (secondary N) is 1. The molecule has 7 nitrogen and oxygen atoms in total. The van der Waals surface area contributed by atoms with Gasteiger partial charge in [-0.3, -0.25) is 4.68 Å². The van der Waals surface area contributed by atoms with Gasteiger partial charge in [0.1, 0.15) is 4.90 Å². The lowest BCUT2D eigenvalue weighted by Gasteiger charge is -2.33. The molecule has 1 aromatic rings. The van der Waals surface area contributed by atoms with Crippen LogP contribution in [0.25, 0.3) is 0 Å². The van der Waals surface area contributed by atoms with Gasteiger partial charge < -0.3 is 9.84 Å². The molecule has 2 N–H and O–H groups in total. The molecule has 1 fully saturated rings. The van der Waals surface area contributed by atoms with Crippen LogP contribution in [0, 0.1) is 5.41 Å². The molecule has 0 aromatic carbocycles. The Bertz CT molecular complexity index is 550. The molecule has 1 aromatic heterocycles. The number of ether oxygens (including phenoxy) is 1. The zero-order valence-corrected chi connectivity index (χ0v) is 13.1.